The summed E-state index contributed by atoms with van der Waals surface area (Å²) in [5, 5.41) is 0. The molecular weight excluding hydrogens is 232 g/mol. The van der Waals surface area contributed by atoms with Crippen LogP contribution in [0.25, 0.3) is 0 Å². The Bertz CT molecular complexity index is 391. The molecule has 0 saturated heterocycles. The number of esters is 2. The third-order valence-electron chi connectivity index (χ3n) is 2.57. The van der Waals surface area contributed by atoms with Gasteiger partial charge in [0.2, 0.25) is 0 Å². The summed E-state index contributed by atoms with van der Waals surface area (Å²) in [6.07, 6.45) is 10.1. The Hall–Kier alpha value is -1.84. The molecule has 0 aromatic heterocycles. The molecule has 1 rings (SSSR count). The van der Waals surface area contributed by atoms with Crippen molar-refractivity contribution < 1.29 is 19.1 Å². The van der Waals surface area contributed by atoms with Crippen molar-refractivity contribution in [2.45, 2.75) is 32.3 Å². The fraction of sp³-hybridized carbons (Fsp3) is 0.429. The summed E-state index contributed by atoms with van der Waals surface area (Å²) in [5.41, 5.74) is 0.582. The van der Waals surface area contributed by atoms with Crippen LogP contribution in [0.3, 0.4) is 0 Å². The van der Waals surface area contributed by atoms with Crippen LogP contribution in [0.4, 0.5) is 0 Å². The zero-order chi connectivity index (χ0) is 13.4. The van der Waals surface area contributed by atoms with Gasteiger partial charge in [-0.1, -0.05) is 18.2 Å². The van der Waals surface area contributed by atoms with Crippen LogP contribution >= 0.6 is 0 Å². The highest BCUT2D eigenvalue weighted by molar-refractivity contribution is 5.88. The molecule has 0 N–H and O–H groups in total. The highest BCUT2D eigenvalue weighted by atomic mass is 16.5. The molecule has 0 aromatic rings. The topological polar surface area (TPSA) is 52.6 Å². The number of methoxy groups -OCH3 is 1. The molecule has 0 aromatic carbocycles. The van der Waals surface area contributed by atoms with Crippen LogP contribution in [-0.4, -0.2) is 25.2 Å². The average Bonchev–Trinajstić information content (AvgIpc) is 2.38. The predicted octanol–water partition coefficient (Wildman–Crippen LogP) is 2.31. The van der Waals surface area contributed by atoms with Gasteiger partial charge in [0, 0.05) is 11.6 Å². The number of carbonyl (C=O) groups excluding carboxylic acids is 2. The maximum Gasteiger partial charge on any atom is 0.333 e. The van der Waals surface area contributed by atoms with Crippen molar-refractivity contribution in [3.8, 4) is 0 Å². The number of hydrogen-bond donors (Lipinski definition) is 0. The molecule has 98 valence electrons. The largest absolute Gasteiger partial charge is 0.466 e. The SMILES string of the molecule is C/C=C/C=C/C(=O)O[C@@H]1C=C(C(=O)OC)CCC1. The fourth-order valence-corrected chi connectivity index (χ4v) is 1.71. The Balaban J connectivity index is 2.56. The first-order valence-corrected chi connectivity index (χ1v) is 5.96. The zero-order valence-electron chi connectivity index (χ0n) is 10.7. The monoisotopic (exact) mass is 250 g/mol. The molecule has 0 saturated carbocycles. The van der Waals surface area contributed by atoms with Crippen molar-refractivity contribution in [3.05, 3.63) is 36.0 Å². The van der Waals surface area contributed by atoms with Gasteiger partial charge >= 0.3 is 11.9 Å². The van der Waals surface area contributed by atoms with Gasteiger partial charge in [0.15, 0.2) is 0 Å². The highest BCUT2D eigenvalue weighted by Crippen LogP contribution is 2.21. The first kappa shape index (κ1) is 14.2. The molecule has 0 fully saturated rings. The predicted molar refractivity (Wildman–Crippen MR) is 67.8 cm³/mol. The maximum absolute atomic E-state index is 11.4. The van der Waals surface area contributed by atoms with Crippen molar-refractivity contribution in [2.24, 2.45) is 0 Å². The van der Waals surface area contributed by atoms with Crippen LogP contribution in [0.1, 0.15) is 26.2 Å². The minimum absolute atomic E-state index is 0.337. The molecule has 0 spiro atoms. The van der Waals surface area contributed by atoms with Crippen LogP contribution in [0.15, 0.2) is 36.0 Å². The Morgan fingerprint density at radius 1 is 1.39 bits per heavy atom. The molecule has 0 heterocycles. The van der Waals surface area contributed by atoms with Gasteiger partial charge in [-0.15, -0.1) is 0 Å². The van der Waals surface area contributed by atoms with E-state index in [0.29, 0.717) is 12.0 Å². The van der Waals surface area contributed by atoms with Gasteiger partial charge in [0.1, 0.15) is 6.10 Å². The van der Waals surface area contributed by atoms with Crippen molar-refractivity contribution >= 4 is 11.9 Å². The lowest BCUT2D eigenvalue weighted by atomic mass is 9.97. The van der Waals surface area contributed by atoms with Gasteiger partial charge in [0.05, 0.1) is 7.11 Å². The Morgan fingerprint density at radius 3 is 2.83 bits per heavy atom. The molecule has 4 heteroatoms. The van der Waals surface area contributed by atoms with E-state index in [1.54, 1.807) is 18.2 Å². The van der Waals surface area contributed by atoms with Crippen molar-refractivity contribution in [3.63, 3.8) is 0 Å². The second-order valence-electron chi connectivity index (χ2n) is 3.94. The van der Waals surface area contributed by atoms with E-state index in [9.17, 15) is 9.59 Å². The minimum atomic E-state index is -0.402. The molecule has 0 bridgehead atoms. The smallest absolute Gasteiger partial charge is 0.333 e. The van der Waals surface area contributed by atoms with E-state index in [4.69, 9.17) is 4.74 Å². The van der Waals surface area contributed by atoms with Gasteiger partial charge in [-0.3, -0.25) is 0 Å². The number of ether oxygens (including phenoxy) is 2. The van der Waals surface area contributed by atoms with E-state index in [-0.39, 0.29) is 12.1 Å². The van der Waals surface area contributed by atoms with Crippen molar-refractivity contribution in [2.75, 3.05) is 7.11 Å². The summed E-state index contributed by atoms with van der Waals surface area (Å²) >= 11 is 0. The molecule has 0 amide bonds. The normalized spacial score (nSPS) is 19.9. The Morgan fingerprint density at radius 2 is 2.17 bits per heavy atom. The standard InChI is InChI=1S/C14H18O4/c1-3-4-5-9-13(15)18-12-8-6-7-11(10-12)14(16)17-2/h3-5,9-10,12H,6-8H2,1-2H3/b4-3+,9-5+/t12-/m0/s1. The molecule has 0 radical (unpaired) electrons. The van der Waals surface area contributed by atoms with Crippen molar-refractivity contribution in [1.82, 2.24) is 0 Å². The van der Waals surface area contributed by atoms with Crippen LogP contribution in [0.2, 0.25) is 0 Å². The molecule has 0 unspecified atom stereocenters. The number of hydrogen-bond acceptors (Lipinski definition) is 4. The maximum atomic E-state index is 11.4. The average molecular weight is 250 g/mol. The first-order chi connectivity index (χ1) is 8.67. The summed E-state index contributed by atoms with van der Waals surface area (Å²) in [6, 6.07) is 0. The fourth-order valence-electron chi connectivity index (χ4n) is 1.71. The minimum Gasteiger partial charge on any atom is -0.466 e. The first-order valence-electron chi connectivity index (χ1n) is 5.96. The van der Waals surface area contributed by atoms with E-state index in [1.807, 2.05) is 13.0 Å². The molecule has 4 nitrogen and oxygen atoms in total. The third kappa shape index (κ3) is 4.57. The molecule has 1 aliphatic carbocycles. The van der Waals surface area contributed by atoms with Crippen LogP contribution < -0.4 is 0 Å². The number of carbonyl (C=O) groups is 2. The highest BCUT2D eigenvalue weighted by Gasteiger charge is 2.20. The van der Waals surface area contributed by atoms with E-state index in [2.05, 4.69) is 4.74 Å². The van der Waals surface area contributed by atoms with E-state index in [0.717, 1.165) is 12.8 Å². The van der Waals surface area contributed by atoms with E-state index in [1.165, 1.54) is 13.2 Å². The lowest BCUT2D eigenvalue weighted by Gasteiger charge is -2.19. The quantitative estimate of drug-likeness (QED) is 0.436. The number of allylic oxidation sites excluding steroid dienone is 3. The molecule has 1 atom stereocenters. The zero-order valence-corrected chi connectivity index (χ0v) is 10.7. The lowest BCUT2D eigenvalue weighted by Crippen LogP contribution is -2.20. The Labute approximate surface area is 107 Å². The van der Waals surface area contributed by atoms with Crippen LogP contribution in [0.5, 0.6) is 0 Å². The number of rotatable bonds is 4. The molecule has 18 heavy (non-hydrogen) atoms. The summed E-state index contributed by atoms with van der Waals surface area (Å²) in [6.45, 7) is 1.86. The molecule has 1 aliphatic rings. The molecule has 0 aliphatic heterocycles. The third-order valence-corrected chi connectivity index (χ3v) is 2.57. The second kappa shape index (κ2) is 7.48. The van der Waals surface area contributed by atoms with Gasteiger partial charge in [-0.25, -0.2) is 9.59 Å². The van der Waals surface area contributed by atoms with Crippen molar-refractivity contribution in [1.29, 1.82) is 0 Å². The summed E-state index contributed by atoms with van der Waals surface area (Å²) in [7, 11) is 1.35. The Kier molecular flexibility index (Phi) is 5.91. The van der Waals surface area contributed by atoms with E-state index < -0.39 is 5.97 Å². The summed E-state index contributed by atoms with van der Waals surface area (Å²) in [4.78, 5) is 22.8. The summed E-state index contributed by atoms with van der Waals surface area (Å²) in [5.74, 6) is -0.749. The van der Waals surface area contributed by atoms with Gasteiger partial charge < -0.3 is 9.47 Å². The van der Waals surface area contributed by atoms with Crippen LogP contribution in [-0.2, 0) is 19.1 Å². The second-order valence-corrected chi connectivity index (χ2v) is 3.94. The molecular formula is C14H18O4. The van der Waals surface area contributed by atoms with Crippen LogP contribution in [0, 0.1) is 0 Å². The van der Waals surface area contributed by atoms with Gasteiger partial charge in [-0.2, -0.15) is 0 Å². The van der Waals surface area contributed by atoms with Gasteiger partial charge in [-0.05, 0) is 32.3 Å². The summed E-state index contributed by atoms with van der Waals surface area (Å²) < 4.78 is 9.87. The van der Waals surface area contributed by atoms with E-state index >= 15 is 0 Å². The lowest BCUT2D eigenvalue weighted by molar-refractivity contribution is -0.142. The van der Waals surface area contributed by atoms with Gasteiger partial charge in [0.25, 0.3) is 0 Å².